The van der Waals surface area contributed by atoms with Gasteiger partial charge in [0, 0.05) is 19.5 Å². The molecule has 3 heteroatoms. The molecule has 2 fully saturated rings. The summed E-state index contributed by atoms with van der Waals surface area (Å²) in [6.07, 6.45) is 6.42. The van der Waals surface area contributed by atoms with Crippen LogP contribution in [0.5, 0.6) is 0 Å². The minimum Gasteiger partial charge on any atom is -0.372 e. The first-order valence-corrected chi connectivity index (χ1v) is 5.63. The third-order valence-electron chi connectivity index (χ3n) is 3.13. The Hall–Kier alpha value is -0.590. The Morgan fingerprint density at radius 3 is 2.57 bits per heavy atom. The molecule has 2 unspecified atom stereocenters. The molecule has 2 saturated heterocycles. The van der Waals surface area contributed by atoms with Crippen LogP contribution in [0.15, 0.2) is 0 Å². The zero-order valence-electron chi connectivity index (χ0n) is 8.61. The van der Waals surface area contributed by atoms with E-state index < -0.39 is 0 Å². The lowest BCUT2D eigenvalue weighted by Gasteiger charge is -2.31. The molecular formula is C11H18N2O. The normalized spacial score (nSPS) is 31.6. The monoisotopic (exact) mass is 194 g/mol. The maximum Gasteiger partial charge on any atom is 0.0707 e. The minimum absolute atomic E-state index is 0.504. The van der Waals surface area contributed by atoms with Crippen molar-refractivity contribution in [1.29, 1.82) is 5.26 Å². The van der Waals surface area contributed by atoms with Crippen molar-refractivity contribution in [3.8, 4) is 6.07 Å². The average Bonchev–Trinajstić information content (AvgIpc) is 2.53. The average molecular weight is 194 g/mol. The molecule has 2 rings (SSSR count). The predicted octanol–water partition coefficient (Wildman–Crippen LogP) is 1.54. The fraction of sp³-hybridized carbons (Fsp3) is 0.909. The first-order valence-electron chi connectivity index (χ1n) is 5.63. The van der Waals surface area contributed by atoms with Crippen molar-refractivity contribution in [2.45, 2.75) is 44.3 Å². The summed E-state index contributed by atoms with van der Waals surface area (Å²) in [5.74, 6) is 0. The topological polar surface area (TPSA) is 36.3 Å². The Bertz CT molecular complexity index is 212. The van der Waals surface area contributed by atoms with Gasteiger partial charge in [-0.2, -0.15) is 5.26 Å². The van der Waals surface area contributed by atoms with Gasteiger partial charge in [0.1, 0.15) is 0 Å². The number of nitriles is 1. The number of unbranched alkanes of at least 4 members (excludes halogenated alkanes) is 2. The number of likely N-dealkylation sites (tertiary alicyclic amines) is 1. The van der Waals surface area contributed by atoms with E-state index >= 15 is 0 Å². The van der Waals surface area contributed by atoms with E-state index in [1.807, 2.05) is 0 Å². The van der Waals surface area contributed by atoms with Crippen molar-refractivity contribution >= 4 is 0 Å². The highest BCUT2D eigenvalue weighted by atomic mass is 16.5. The number of morpholine rings is 1. The van der Waals surface area contributed by atoms with E-state index in [-0.39, 0.29) is 0 Å². The molecule has 2 aliphatic rings. The van der Waals surface area contributed by atoms with Crippen molar-refractivity contribution < 1.29 is 4.74 Å². The first kappa shape index (κ1) is 9.95. The highest BCUT2D eigenvalue weighted by Gasteiger charge is 2.32. The van der Waals surface area contributed by atoms with Gasteiger partial charge in [0.2, 0.25) is 0 Å². The van der Waals surface area contributed by atoms with E-state index in [4.69, 9.17) is 10.00 Å². The summed E-state index contributed by atoms with van der Waals surface area (Å²) in [7, 11) is 0. The van der Waals surface area contributed by atoms with Gasteiger partial charge in [-0.05, 0) is 32.2 Å². The molecule has 0 aliphatic carbocycles. The number of fused-ring (bicyclic) bond motifs is 2. The molecule has 0 saturated carbocycles. The maximum absolute atomic E-state index is 8.41. The number of ether oxygens (including phenoxy) is 1. The number of nitrogens with zero attached hydrogens (tertiary/aromatic N) is 2. The summed E-state index contributed by atoms with van der Waals surface area (Å²) in [6.45, 7) is 3.38. The third-order valence-corrected chi connectivity index (χ3v) is 3.13. The van der Waals surface area contributed by atoms with Crippen LogP contribution in [0.3, 0.4) is 0 Å². The lowest BCUT2D eigenvalue weighted by Crippen LogP contribution is -2.42. The Morgan fingerprint density at radius 1 is 1.21 bits per heavy atom. The largest absolute Gasteiger partial charge is 0.372 e. The summed E-state index contributed by atoms with van der Waals surface area (Å²) in [5, 5.41) is 8.41. The molecule has 0 aromatic carbocycles. The predicted molar refractivity (Wildman–Crippen MR) is 53.8 cm³/mol. The van der Waals surface area contributed by atoms with Gasteiger partial charge < -0.3 is 4.74 Å². The van der Waals surface area contributed by atoms with Crippen molar-refractivity contribution in [3.05, 3.63) is 0 Å². The molecule has 78 valence electrons. The molecule has 2 atom stereocenters. The summed E-state index contributed by atoms with van der Waals surface area (Å²) in [4.78, 5) is 2.50. The Labute approximate surface area is 85.6 Å². The number of hydrogen-bond acceptors (Lipinski definition) is 3. The van der Waals surface area contributed by atoms with Gasteiger partial charge >= 0.3 is 0 Å². The third kappa shape index (κ3) is 2.46. The van der Waals surface area contributed by atoms with Crippen LogP contribution in [-0.2, 0) is 4.74 Å². The molecule has 2 aliphatic heterocycles. The van der Waals surface area contributed by atoms with Crippen LogP contribution >= 0.6 is 0 Å². The molecule has 0 aromatic rings. The van der Waals surface area contributed by atoms with Gasteiger partial charge in [-0.1, -0.05) is 0 Å². The van der Waals surface area contributed by atoms with E-state index in [9.17, 15) is 0 Å². The van der Waals surface area contributed by atoms with Crippen molar-refractivity contribution in [3.63, 3.8) is 0 Å². The molecule has 14 heavy (non-hydrogen) atoms. The summed E-state index contributed by atoms with van der Waals surface area (Å²) in [5.41, 5.74) is 0. The maximum atomic E-state index is 8.41. The molecule has 2 bridgehead atoms. The molecule has 0 aromatic heterocycles. The molecular weight excluding hydrogens is 176 g/mol. The van der Waals surface area contributed by atoms with Crippen LogP contribution in [-0.4, -0.2) is 36.7 Å². The van der Waals surface area contributed by atoms with E-state index in [0.717, 1.165) is 32.5 Å². The van der Waals surface area contributed by atoms with Gasteiger partial charge in [-0.3, -0.25) is 4.90 Å². The zero-order chi connectivity index (χ0) is 9.80. The van der Waals surface area contributed by atoms with Crippen molar-refractivity contribution in [2.75, 3.05) is 19.6 Å². The van der Waals surface area contributed by atoms with E-state index in [2.05, 4.69) is 11.0 Å². The fourth-order valence-electron chi connectivity index (χ4n) is 2.42. The Kier molecular flexibility index (Phi) is 3.39. The molecule has 0 amide bonds. The van der Waals surface area contributed by atoms with Crippen LogP contribution in [0.25, 0.3) is 0 Å². The fourth-order valence-corrected chi connectivity index (χ4v) is 2.42. The van der Waals surface area contributed by atoms with Crippen LogP contribution in [0.1, 0.15) is 32.1 Å². The highest BCUT2D eigenvalue weighted by Crippen LogP contribution is 2.26. The molecule has 0 N–H and O–H groups in total. The van der Waals surface area contributed by atoms with E-state index in [1.165, 1.54) is 12.8 Å². The summed E-state index contributed by atoms with van der Waals surface area (Å²) < 4.78 is 5.76. The van der Waals surface area contributed by atoms with Gasteiger partial charge in [-0.15, -0.1) is 0 Å². The summed E-state index contributed by atoms with van der Waals surface area (Å²) in [6, 6.07) is 2.19. The quantitative estimate of drug-likeness (QED) is 0.637. The van der Waals surface area contributed by atoms with E-state index in [1.54, 1.807) is 0 Å². The molecule has 3 nitrogen and oxygen atoms in total. The van der Waals surface area contributed by atoms with Gasteiger partial charge in [0.15, 0.2) is 0 Å². The van der Waals surface area contributed by atoms with Crippen LogP contribution in [0.2, 0.25) is 0 Å². The molecule has 2 heterocycles. The molecule has 0 spiro atoms. The van der Waals surface area contributed by atoms with Gasteiger partial charge in [0.25, 0.3) is 0 Å². The van der Waals surface area contributed by atoms with Crippen molar-refractivity contribution in [2.24, 2.45) is 0 Å². The van der Waals surface area contributed by atoms with E-state index in [0.29, 0.717) is 18.6 Å². The first-order chi connectivity index (χ1) is 6.88. The zero-order valence-corrected chi connectivity index (χ0v) is 8.61. The smallest absolute Gasteiger partial charge is 0.0707 e. The summed E-state index contributed by atoms with van der Waals surface area (Å²) >= 11 is 0. The number of hydrogen-bond donors (Lipinski definition) is 0. The van der Waals surface area contributed by atoms with Crippen LogP contribution in [0.4, 0.5) is 0 Å². The van der Waals surface area contributed by atoms with Gasteiger partial charge in [0.05, 0.1) is 18.3 Å². The Balaban J connectivity index is 1.65. The van der Waals surface area contributed by atoms with Gasteiger partial charge in [-0.25, -0.2) is 0 Å². The lowest BCUT2D eigenvalue weighted by molar-refractivity contribution is -0.0384. The second kappa shape index (κ2) is 4.77. The van der Waals surface area contributed by atoms with Crippen LogP contribution < -0.4 is 0 Å². The van der Waals surface area contributed by atoms with Crippen molar-refractivity contribution in [1.82, 2.24) is 4.90 Å². The SMILES string of the molecule is N#CCCCCN1CC2CCC(C1)O2. The number of rotatable bonds is 4. The second-order valence-electron chi connectivity index (χ2n) is 4.33. The van der Waals surface area contributed by atoms with Crippen LogP contribution in [0, 0.1) is 11.3 Å². The molecule has 0 radical (unpaired) electrons. The minimum atomic E-state index is 0.504. The standard InChI is InChI=1S/C11H18N2O/c12-6-2-1-3-7-13-8-10-4-5-11(9-13)14-10/h10-11H,1-5,7-9H2. The Morgan fingerprint density at radius 2 is 1.93 bits per heavy atom. The second-order valence-corrected chi connectivity index (χ2v) is 4.33. The highest BCUT2D eigenvalue weighted by molar-refractivity contribution is 4.84. The lowest BCUT2D eigenvalue weighted by atomic mass is 10.2.